The Kier molecular flexibility index (Phi) is 5.17. The van der Waals surface area contributed by atoms with E-state index in [-0.39, 0.29) is 22.6 Å². The van der Waals surface area contributed by atoms with Gasteiger partial charge in [0.1, 0.15) is 11.9 Å². The maximum Gasteiger partial charge on any atom is 0.263 e. The van der Waals surface area contributed by atoms with Gasteiger partial charge in [0, 0.05) is 11.3 Å². The highest BCUT2D eigenvalue weighted by atomic mass is 32.2. The second kappa shape index (κ2) is 7.63. The molecule has 0 radical (unpaired) electrons. The Labute approximate surface area is 171 Å². The Morgan fingerprint density at radius 2 is 1.93 bits per heavy atom. The van der Waals surface area contributed by atoms with Crippen molar-refractivity contribution in [2.45, 2.75) is 50.5 Å². The first kappa shape index (κ1) is 19.6. The van der Waals surface area contributed by atoms with Gasteiger partial charge in [0.25, 0.3) is 10.0 Å². The number of carbonyl (C=O) groups is 1. The number of nitrogens with one attached hydrogen (secondary N) is 2. The molecule has 4 rings (SSSR count). The van der Waals surface area contributed by atoms with Crippen molar-refractivity contribution in [2.75, 3.05) is 5.32 Å². The van der Waals surface area contributed by atoms with E-state index in [1.165, 1.54) is 11.1 Å². The maximum atomic E-state index is 13.1. The number of hydrogen-bond acceptors (Lipinski definition) is 4. The van der Waals surface area contributed by atoms with Crippen LogP contribution in [-0.4, -0.2) is 26.2 Å². The minimum absolute atomic E-state index is 0.0470. The van der Waals surface area contributed by atoms with E-state index < -0.39 is 16.1 Å². The van der Waals surface area contributed by atoms with E-state index in [0.717, 1.165) is 31.4 Å². The van der Waals surface area contributed by atoms with Crippen LogP contribution >= 0.6 is 0 Å². The van der Waals surface area contributed by atoms with Crippen molar-refractivity contribution < 1.29 is 13.2 Å². The SMILES string of the molecule is CC[C@H](C)[C@H](N=C1NS(=O)(=O)c2ccccc21)C(=O)Nc1ccc2c(c1)CCC2. The summed E-state index contributed by atoms with van der Waals surface area (Å²) < 4.78 is 27.2. The number of fused-ring (bicyclic) bond motifs is 2. The van der Waals surface area contributed by atoms with Crippen molar-refractivity contribution in [3.8, 4) is 0 Å². The average Bonchev–Trinajstić information content (AvgIpc) is 3.27. The summed E-state index contributed by atoms with van der Waals surface area (Å²) in [5.74, 6) is -0.0439. The highest BCUT2D eigenvalue weighted by Crippen LogP contribution is 2.27. The Morgan fingerprint density at radius 3 is 2.72 bits per heavy atom. The fourth-order valence-corrected chi connectivity index (χ4v) is 5.14. The minimum atomic E-state index is -3.64. The van der Waals surface area contributed by atoms with Gasteiger partial charge in [-0.3, -0.25) is 14.5 Å². The molecule has 152 valence electrons. The second-order valence-corrected chi connectivity index (χ2v) is 9.39. The number of carbonyl (C=O) groups excluding carboxylic acids is 1. The molecule has 2 aromatic rings. The van der Waals surface area contributed by atoms with Gasteiger partial charge in [-0.2, -0.15) is 0 Å². The van der Waals surface area contributed by atoms with Gasteiger partial charge in [-0.15, -0.1) is 0 Å². The molecule has 2 atom stereocenters. The highest BCUT2D eigenvalue weighted by Gasteiger charge is 2.33. The molecule has 1 amide bonds. The Balaban J connectivity index is 1.63. The minimum Gasteiger partial charge on any atom is -0.324 e. The van der Waals surface area contributed by atoms with Gasteiger partial charge >= 0.3 is 0 Å². The van der Waals surface area contributed by atoms with Crippen molar-refractivity contribution in [3.05, 3.63) is 59.2 Å². The molecule has 2 N–H and O–H groups in total. The Bertz CT molecular complexity index is 1090. The molecule has 0 saturated heterocycles. The zero-order valence-electron chi connectivity index (χ0n) is 16.6. The number of aliphatic imine (C=N–C) groups is 1. The third kappa shape index (κ3) is 3.79. The van der Waals surface area contributed by atoms with Crippen LogP contribution in [0.3, 0.4) is 0 Å². The first-order valence-electron chi connectivity index (χ1n) is 10.0. The molecule has 1 heterocycles. The molecule has 0 aromatic heterocycles. The molecule has 7 heteroatoms. The predicted octanol–water partition coefficient (Wildman–Crippen LogP) is 3.27. The fraction of sp³-hybridized carbons (Fsp3) is 0.364. The van der Waals surface area contributed by atoms with E-state index in [2.05, 4.69) is 21.1 Å². The first-order valence-corrected chi connectivity index (χ1v) is 11.5. The van der Waals surface area contributed by atoms with Crippen LogP contribution in [0.4, 0.5) is 5.69 Å². The van der Waals surface area contributed by atoms with E-state index >= 15 is 0 Å². The quantitative estimate of drug-likeness (QED) is 0.792. The van der Waals surface area contributed by atoms with Crippen LogP contribution in [0.25, 0.3) is 0 Å². The zero-order chi connectivity index (χ0) is 20.6. The van der Waals surface area contributed by atoms with E-state index in [4.69, 9.17) is 0 Å². The summed E-state index contributed by atoms with van der Waals surface area (Å²) in [6.07, 6.45) is 4.02. The number of sulfonamides is 1. The monoisotopic (exact) mass is 411 g/mol. The summed E-state index contributed by atoms with van der Waals surface area (Å²) in [5.41, 5.74) is 3.90. The molecule has 0 unspecified atom stereocenters. The number of amides is 1. The molecule has 1 aliphatic carbocycles. The standard InChI is InChI=1S/C22H25N3O3S/c1-3-14(2)20(22(26)23-17-12-11-15-7-6-8-16(15)13-17)24-21-18-9-4-5-10-19(18)29(27,28)25-21/h4-5,9-14,20H,3,6-8H2,1-2H3,(H,23,26)(H,24,25)/t14-,20-/m0/s1. The molecule has 29 heavy (non-hydrogen) atoms. The normalized spacial score (nSPS) is 19.9. The van der Waals surface area contributed by atoms with Crippen LogP contribution in [0, 0.1) is 5.92 Å². The molecule has 6 nitrogen and oxygen atoms in total. The number of aryl methyl sites for hydroxylation is 2. The van der Waals surface area contributed by atoms with Crippen molar-refractivity contribution in [1.82, 2.24) is 4.72 Å². The summed E-state index contributed by atoms with van der Waals surface area (Å²) in [7, 11) is -3.64. The molecule has 0 spiro atoms. The number of hydrogen-bond donors (Lipinski definition) is 2. The average molecular weight is 412 g/mol. The third-order valence-corrected chi connectivity index (χ3v) is 7.15. The van der Waals surface area contributed by atoms with Crippen LogP contribution in [-0.2, 0) is 27.7 Å². The smallest absolute Gasteiger partial charge is 0.263 e. The van der Waals surface area contributed by atoms with E-state index in [1.807, 2.05) is 26.0 Å². The van der Waals surface area contributed by atoms with Gasteiger partial charge in [-0.1, -0.05) is 38.5 Å². The number of anilines is 1. The summed E-state index contributed by atoms with van der Waals surface area (Å²) in [5, 5.41) is 2.98. The van der Waals surface area contributed by atoms with Crippen LogP contribution in [0.15, 0.2) is 52.4 Å². The van der Waals surface area contributed by atoms with Crippen LogP contribution < -0.4 is 10.0 Å². The predicted molar refractivity (Wildman–Crippen MR) is 114 cm³/mol. The molecular formula is C22H25N3O3S. The van der Waals surface area contributed by atoms with Crippen molar-refractivity contribution in [3.63, 3.8) is 0 Å². The Morgan fingerprint density at radius 1 is 1.17 bits per heavy atom. The maximum absolute atomic E-state index is 13.1. The molecular weight excluding hydrogens is 386 g/mol. The summed E-state index contributed by atoms with van der Waals surface area (Å²) in [6, 6.07) is 12.0. The second-order valence-electron chi connectivity index (χ2n) is 7.74. The van der Waals surface area contributed by atoms with Gasteiger partial charge in [0.05, 0.1) is 4.90 Å². The third-order valence-electron chi connectivity index (χ3n) is 5.75. The number of nitrogens with zero attached hydrogens (tertiary/aromatic N) is 1. The first-order chi connectivity index (χ1) is 13.9. The van der Waals surface area contributed by atoms with Crippen molar-refractivity contribution >= 4 is 27.5 Å². The number of amidine groups is 1. The molecule has 0 saturated carbocycles. The topological polar surface area (TPSA) is 87.6 Å². The zero-order valence-corrected chi connectivity index (χ0v) is 17.4. The fourth-order valence-electron chi connectivity index (χ4n) is 3.90. The lowest BCUT2D eigenvalue weighted by atomic mass is 9.98. The molecule has 2 aromatic carbocycles. The van der Waals surface area contributed by atoms with Gasteiger partial charge in [0.2, 0.25) is 5.91 Å². The van der Waals surface area contributed by atoms with Crippen LogP contribution in [0.5, 0.6) is 0 Å². The summed E-state index contributed by atoms with van der Waals surface area (Å²) >= 11 is 0. The lowest BCUT2D eigenvalue weighted by Crippen LogP contribution is -2.34. The lowest BCUT2D eigenvalue weighted by molar-refractivity contribution is -0.118. The largest absolute Gasteiger partial charge is 0.324 e. The number of rotatable bonds is 5. The molecule has 1 aliphatic heterocycles. The molecule has 0 fully saturated rings. The number of benzene rings is 2. The van der Waals surface area contributed by atoms with Gasteiger partial charge in [-0.05, 0) is 60.6 Å². The molecule has 0 bridgehead atoms. The Hall–Kier alpha value is -2.67. The highest BCUT2D eigenvalue weighted by molar-refractivity contribution is 7.90. The van der Waals surface area contributed by atoms with E-state index in [1.54, 1.807) is 24.3 Å². The van der Waals surface area contributed by atoms with Gasteiger partial charge in [0.15, 0.2) is 0 Å². The van der Waals surface area contributed by atoms with E-state index in [0.29, 0.717) is 5.56 Å². The summed E-state index contributed by atoms with van der Waals surface area (Å²) in [6.45, 7) is 3.94. The van der Waals surface area contributed by atoms with Gasteiger partial charge in [-0.25, -0.2) is 8.42 Å². The van der Waals surface area contributed by atoms with Crippen LogP contribution in [0.2, 0.25) is 0 Å². The van der Waals surface area contributed by atoms with Crippen molar-refractivity contribution in [2.24, 2.45) is 10.9 Å². The van der Waals surface area contributed by atoms with E-state index in [9.17, 15) is 13.2 Å². The molecule has 2 aliphatic rings. The van der Waals surface area contributed by atoms with Crippen LogP contribution in [0.1, 0.15) is 43.4 Å². The van der Waals surface area contributed by atoms with Gasteiger partial charge < -0.3 is 5.32 Å². The summed E-state index contributed by atoms with van der Waals surface area (Å²) in [4.78, 5) is 17.8. The van der Waals surface area contributed by atoms with Crippen molar-refractivity contribution in [1.29, 1.82) is 0 Å². The lowest BCUT2D eigenvalue weighted by Gasteiger charge is -2.19.